The van der Waals surface area contributed by atoms with Crippen LogP contribution in [0.15, 0.2) is 84.6 Å². The molecule has 0 saturated heterocycles. The van der Waals surface area contributed by atoms with Crippen molar-refractivity contribution in [1.82, 2.24) is 0 Å². The molecule has 3 aliphatic carbocycles. The second kappa shape index (κ2) is 47.3. The third-order valence-corrected chi connectivity index (χ3v) is 16.5. The average Bonchev–Trinajstić information content (AvgIpc) is 3.19. The lowest BCUT2D eigenvalue weighted by atomic mass is 9.91. The van der Waals surface area contributed by atoms with Crippen molar-refractivity contribution >= 4 is 55.5 Å². The first-order chi connectivity index (χ1) is 42.7. The van der Waals surface area contributed by atoms with Crippen LogP contribution in [0.1, 0.15) is 325 Å². The highest BCUT2D eigenvalue weighted by Crippen LogP contribution is 2.32. The van der Waals surface area contributed by atoms with Crippen LogP contribution < -0.4 is 0 Å². The highest BCUT2D eigenvalue weighted by Gasteiger charge is 2.27. The molecule has 1 aliphatic heterocycles. The molecule has 3 saturated carbocycles. The van der Waals surface area contributed by atoms with E-state index in [0.29, 0.717) is 33.4 Å². The molecule has 3 N–H and O–H groups in total. The molecule has 7 rings (SSSR count). The topological polar surface area (TPSA) is 135 Å². The molecule has 6 atom stereocenters. The van der Waals surface area contributed by atoms with Crippen molar-refractivity contribution in [1.29, 1.82) is 0 Å². The van der Waals surface area contributed by atoms with Gasteiger partial charge in [0.1, 0.15) is 17.2 Å². The molecule has 9 nitrogen and oxygen atoms in total. The molecule has 6 unspecified atom stereocenters. The zero-order valence-electron chi connectivity index (χ0n) is 56.8. The molecule has 3 fully saturated rings. The summed E-state index contributed by atoms with van der Waals surface area (Å²) in [5, 5.41) is 35.9. The van der Waals surface area contributed by atoms with Crippen LogP contribution in [-0.2, 0) is 0 Å². The molecule has 1 heterocycles. The average molecular weight is 1190 g/mol. The molecular formula is C78H122N6O3. The molecule has 87 heavy (non-hydrogen) atoms. The number of rotatable bonds is 21. The number of aromatic hydroxyl groups is 3. The van der Waals surface area contributed by atoms with Gasteiger partial charge in [-0.25, -0.2) is 0 Å². The third-order valence-electron chi connectivity index (χ3n) is 16.5. The van der Waals surface area contributed by atoms with E-state index >= 15 is 0 Å². The van der Waals surface area contributed by atoms with Crippen molar-refractivity contribution in [3.63, 3.8) is 0 Å². The molecule has 482 valence electrons. The van der Waals surface area contributed by atoms with Gasteiger partial charge in [-0.05, 0) is 124 Å². The fraction of sp³-hybridized carbons (Fsp3) is 0.615. The summed E-state index contributed by atoms with van der Waals surface area (Å²) in [5.74, 6) is 0.480. The second-order valence-electron chi connectivity index (χ2n) is 23.6. The highest BCUT2D eigenvalue weighted by molar-refractivity contribution is 5.95. The lowest BCUT2D eigenvalue weighted by Gasteiger charge is -2.26. The van der Waals surface area contributed by atoms with Gasteiger partial charge in [0.2, 0.25) is 0 Å². The zero-order valence-corrected chi connectivity index (χ0v) is 56.8. The van der Waals surface area contributed by atoms with Gasteiger partial charge < -0.3 is 15.3 Å². The minimum atomic E-state index is -0.0772. The normalized spacial score (nSPS) is 20.2. The van der Waals surface area contributed by atoms with Crippen molar-refractivity contribution < 1.29 is 15.3 Å². The summed E-state index contributed by atoms with van der Waals surface area (Å²) in [6.45, 7) is 22.8. The van der Waals surface area contributed by atoms with Crippen LogP contribution in [-0.4, -0.2) is 88.9 Å². The van der Waals surface area contributed by atoms with Crippen LogP contribution in [0.3, 0.4) is 0 Å². The molecular weight excluding hydrogens is 1070 g/mol. The lowest BCUT2D eigenvalue weighted by molar-refractivity contribution is 0.389. The Kier molecular flexibility index (Phi) is 41.1. The molecule has 9 heteroatoms. The number of hydrogen-bond donors (Lipinski definition) is 3. The zero-order chi connectivity index (χ0) is 63.3. The van der Waals surface area contributed by atoms with E-state index in [-0.39, 0.29) is 53.5 Å². The number of phenolic OH excluding ortho intramolecular Hbond substituents is 3. The Morgan fingerprint density at radius 2 is 0.540 bits per heavy atom. The number of nitrogens with zero attached hydrogens (tertiary/aromatic N) is 6. The predicted octanol–water partition coefficient (Wildman–Crippen LogP) is 22.3. The predicted molar refractivity (Wildman–Crippen MR) is 385 cm³/mol. The monoisotopic (exact) mass is 1190 g/mol. The van der Waals surface area contributed by atoms with Crippen LogP contribution in [0.4, 0.5) is 0 Å². The Balaban J connectivity index is 0.00000209. The first-order valence-corrected chi connectivity index (χ1v) is 35.5. The van der Waals surface area contributed by atoms with Gasteiger partial charge in [0.25, 0.3) is 0 Å². The minimum absolute atomic E-state index is 0.0754. The molecule has 0 radical (unpaired) electrons. The van der Waals surface area contributed by atoms with E-state index in [0.717, 1.165) is 107 Å². The smallest absolute Gasteiger partial charge is 0.133 e. The molecule has 4 aliphatic rings. The van der Waals surface area contributed by atoms with Gasteiger partial charge in [-0.15, -0.1) is 0 Å². The molecule has 0 spiro atoms. The summed E-state index contributed by atoms with van der Waals surface area (Å²) in [6.07, 6.45) is 59.6. The lowest BCUT2D eigenvalue weighted by Crippen LogP contribution is -2.27. The number of benzene rings is 3. The first-order valence-electron chi connectivity index (χ1n) is 35.5. The van der Waals surface area contributed by atoms with Crippen LogP contribution >= 0.6 is 0 Å². The van der Waals surface area contributed by atoms with Crippen LogP contribution in [0.25, 0.3) is 18.2 Å². The maximum Gasteiger partial charge on any atom is 0.133 e. The summed E-state index contributed by atoms with van der Waals surface area (Å²) >= 11 is 0. The van der Waals surface area contributed by atoms with E-state index in [1.54, 1.807) is 0 Å². The summed E-state index contributed by atoms with van der Waals surface area (Å²) in [4.78, 5) is 31.1. The van der Waals surface area contributed by atoms with Gasteiger partial charge in [-0.2, -0.15) is 0 Å². The third kappa shape index (κ3) is 28.1. The van der Waals surface area contributed by atoms with E-state index < -0.39 is 0 Å². The SMILES string of the molecule is C/C=C/c1cc2c(O)c(c1)C=NC1CCCCC1N=Cc1cc(/C=C/CCCCCCCCCC)cc(c1O)C=NC1CCCCC1N=Cc1cc(/C=C\CCCCCCCCCC)cc(c1O)C=NC1CCCCC1N=C2.CC.CC.CC.CCC. The fourth-order valence-electron chi connectivity index (χ4n) is 11.8. The van der Waals surface area contributed by atoms with E-state index in [4.69, 9.17) is 30.0 Å². The highest BCUT2D eigenvalue weighted by atomic mass is 16.3. The number of fused-ring (bicyclic) bond motifs is 9. The van der Waals surface area contributed by atoms with Gasteiger partial charge in [0, 0.05) is 70.7 Å². The molecule has 6 bridgehead atoms. The second-order valence-corrected chi connectivity index (χ2v) is 23.6. The first kappa shape index (κ1) is 75.5. The largest absolute Gasteiger partial charge is 0.507 e. The summed E-state index contributed by atoms with van der Waals surface area (Å²) in [5.41, 5.74) is 6.92. The molecule has 0 amide bonds. The number of unbranched alkanes of at least 4 members (excludes halogenated alkanes) is 16. The van der Waals surface area contributed by atoms with E-state index in [1.807, 2.05) is 134 Å². The van der Waals surface area contributed by atoms with Gasteiger partial charge in [-0.1, -0.05) is 241 Å². The Labute approximate surface area is 531 Å². The van der Waals surface area contributed by atoms with Crippen LogP contribution in [0.5, 0.6) is 17.2 Å². The van der Waals surface area contributed by atoms with Crippen LogP contribution in [0, 0.1) is 0 Å². The van der Waals surface area contributed by atoms with E-state index in [2.05, 4.69) is 52.0 Å². The quantitative estimate of drug-likeness (QED) is 0.0917. The van der Waals surface area contributed by atoms with Gasteiger partial charge in [0.05, 0.1) is 36.3 Å². The molecule has 3 aromatic carbocycles. The maximum atomic E-state index is 12.0. The molecule has 3 aromatic rings. The van der Waals surface area contributed by atoms with Gasteiger partial charge in [-0.3, -0.25) is 30.0 Å². The maximum absolute atomic E-state index is 12.0. The van der Waals surface area contributed by atoms with Crippen molar-refractivity contribution in [3.05, 3.63) is 105 Å². The Morgan fingerprint density at radius 3 is 0.759 bits per heavy atom. The Morgan fingerprint density at radius 1 is 0.333 bits per heavy atom. The summed E-state index contributed by atoms with van der Waals surface area (Å²) in [7, 11) is 0. The van der Waals surface area contributed by atoms with E-state index in [1.165, 1.54) is 109 Å². The standard InChI is InChI=1S/C69H96N6O3.C3H8.3C2H6/c1-4-7-9-11-13-15-17-19-21-23-32-53-42-57-48-72-63-36-27-25-34-61(63)70-46-55-40-52(31-6-3)41-56(67(55)76)47-71-62-35-26-28-37-64(62)73-49-58-43-54(33-24-22-20-18-16-14-12-10-8-5-2)45-60(69(58)78)51-75-66-39-30-29-38-65(66)74-50-59(44-53)68(57)77;1-3-2;3*1-2/h6,23-24,31-33,40-51,61-66,76-78H,4-5,7-22,25-30,34-39H2,1-3H3;3H2,1-2H3;3*1-2H3/b31-6+,32-23-,33-24+,70-46?,71-47?,72-48?,73-49?,74-50?,75-51?;;;;. The van der Waals surface area contributed by atoms with Crippen molar-refractivity contribution in [2.24, 2.45) is 30.0 Å². The number of hydrogen-bond acceptors (Lipinski definition) is 9. The van der Waals surface area contributed by atoms with Crippen molar-refractivity contribution in [2.45, 2.75) is 311 Å². The Bertz CT molecular complexity index is 2440. The Hall–Kier alpha value is -5.70. The summed E-state index contributed by atoms with van der Waals surface area (Å²) in [6, 6.07) is 11.7. The number of phenols is 3. The summed E-state index contributed by atoms with van der Waals surface area (Å²) < 4.78 is 0. The van der Waals surface area contributed by atoms with Gasteiger partial charge >= 0.3 is 0 Å². The van der Waals surface area contributed by atoms with Crippen molar-refractivity contribution in [3.8, 4) is 17.2 Å². The minimum Gasteiger partial charge on any atom is -0.507 e. The van der Waals surface area contributed by atoms with Crippen molar-refractivity contribution in [2.75, 3.05) is 0 Å². The van der Waals surface area contributed by atoms with E-state index in [9.17, 15) is 15.3 Å². The molecule has 0 aromatic heterocycles. The van der Waals surface area contributed by atoms with Gasteiger partial charge in [0.15, 0.2) is 0 Å². The van der Waals surface area contributed by atoms with Crippen LogP contribution in [0.2, 0.25) is 0 Å². The number of aliphatic imine (C=N–C) groups is 6. The fourth-order valence-corrected chi connectivity index (χ4v) is 11.8. The number of allylic oxidation sites excluding steroid dienone is 3.